The third-order valence-electron chi connectivity index (χ3n) is 3.90. The largest absolute Gasteiger partial charge is 0.350 e. The third-order valence-corrected chi connectivity index (χ3v) is 4.41. The van der Waals surface area contributed by atoms with Crippen LogP contribution in [0.5, 0.6) is 0 Å². The number of amides is 1. The van der Waals surface area contributed by atoms with E-state index in [1.165, 1.54) is 0 Å². The van der Waals surface area contributed by atoms with E-state index in [1.54, 1.807) is 12.1 Å². The molecule has 1 aromatic heterocycles. The van der Waals surface area contributed by atoms with Crippen molar-refractivity contribution in [3.8, 4) is 0 Å². The number of nitrogens with zero attached hydrogens (tertiary/aromatic N) is 2. The van der Waals surface area contributed by atoms with E-state index in [-0.39, 0.29) is 22.2 Å². The highest BCUT2D eigenvalue weighted by molar-refractivity contribution is 6.34. The molecule has 0 atom stereocenters. The minimum Gasteiger partial charge on any atom is -0.350 e. The second-order valence-electron chi connectivity index (χ2n) is 5.76. The van der Waals surface area contributed by atoms with Gasteiger partial charge in [0.2, 0.25) is 0 Å². The Morgan fingerprint density at radius 2 is 2.05 bits per heavy atom. The van der Waals surface area contributed by atoms with Crippen molar-refractivity contribution < 1.29 is 4.79 Å². The fourth-order valence-corrected chi connectivity index (χ4v) is 2.63. The standard InChI is InChI=1S/C14H19Cl2N3O/c1-14(5-7-19(2)8-6-14)9-17-13(20)12-10(15)3-4-11(16)18-12/h3-4H,5-9H2,1-2H3,(H,17,20). The van der Waals surface area contributed by atoms with Crippen LogP contribution in [0.25, 0.3) is 0 Å². The summed E-state index contributed by atoms with van der Waals surface area (Å²) in [6.45, 7) is 4.95. The SMILES string of the molecule is CN1CCC(C)(CNC(=O)c2nc(Cl)ccc2Cl)CC1. The Labute approximate surface area is 129 Å². The number of hydrogen-bond donors (Lipinski definition) is 1. The van der Waals surface area contributed by atoms with E-state index >= 15 is 0 Å². The quantitative estimate of drug-likeness (QED) is 0.872. The molecule has 0 radical (unpaired) electrons. The number of likely N-dealkylation sites (tertiary alicyclic amines) is 1. The Hall–Kier alpha value is -0.840. The maximum absolute atomic E-state index is 12.1. The molecular formula is C14H19Cl2N3O. The van der Waals surface area contributed by atoms with Crippen LogP contribution in [0.2, 0.25) is 10.2 Å². The molecule has 0 unspecified atom stereocenters. The summed E-state index contributed by atoms with van der Waals surface area (Å²) in [6.07, 6.45) is 2.14. The predicted octanol–water partition coefficient (Wildman–Crippen LogP) is 2.85. The summed E-state index contributed by atoms with van der Waals surface area (Å²) in [5.74, 6) is -0.266. The maximum atomic E-state index is 12.1. The normalized spacial score (nSPS) is 18.8. The highest BCUT2D eigenvalue weighted by Crippen LogP contribution is 2.29. The van der Waals surface area contributed by atoms with E-state index in [9.17, 15) is 4.79 Å². The van der Waals surface area contributed by atoms with Gasteiger partial charge in [-0.05, 0) is 50.5 Å². The van der Waals surface area contributed by atoms with Crippen molar-refractivity contribution in [2.24, 2.45) is 5.41 Å². The second-order valence-corrected chi connectivity index (χ2v) is 6.56. The lowest BCUT2D eigenvalue weighted by molar-refractivity contribution is 0.0887. The van der Waals surface area contributed by atoms with Gasteiger partial charge in [0.1, 0.15) is 10.8 Å². The molecule has 1 amide bonds. The summed E-state index contributed by atoms with van der Waals surface area (Å²) in [4.78, 5) is 18.4. The summed E-state index contributed by atoms with van der Waals surface area (Å²) < 4.78 is 0. The second kappa shape index (κ2) is 6.29. The molecule has 2 heterocycles. The van der Waals surface area contributed by atoms with E-state index in [0.29, 0.717) is 11.6 Å². The van der Waals surface area contributed by atoms with Gasteiger partial charge in [-0.25, -0.2) is 4.98 Å². The van der Waals surface area contributed by atoms with Gasteiger partial charge in [-0.15, -0.1) is 0 Å². The number of carbonyl (C=O) groups excluding carboxylic acids is 1. The summed E-state index contributed by atoms with van der Waals surface area (Å²) in [5, 5.41) is 3.52. The summed E-state index contributed by atoms with van der Waals surface area (Å²) in [5.41, 5.74) is 0.323. The molecule has 1 aromatic rings. The molecule has 20 heavy (non-hydrogen) atoms. The first-order valence-electron chi connectivity index (χ1n) is 6.68. The van der Waals surface area contributed by atoms with Gasteiger partial charge < -0.3 is 10.2 Å². The molecular weight excluding hydrogens is 297 g/mol. The van der Waals surface area contributed by atoms with Crippen LogP contribution >= 0.6 is 23.2 Å². The lowest BCUT2D eigenvalue weighted by atomic mass is 9.80. The maximum Gasteiger partial charge on any atom is 0.271 e. The van der Waals surface area contributed by atoms with E-state index in [0.717, 1.165) is 25.9 Å². The molecule has 1 saturated heterocycles. The number of aromatic nitrogens is 1. The molecule has 6 heteroatoms. The van der Waals surface area contributed by atoms with Crippen molar-refractivity contribution >= 4 is 29.1 Å². The van der Waals surface area contributed by atoms with Gasteiger partial charge in [-0.2, -0.15) is 0 Å². The number of nitrogens with one attached hydrogen (secondary N) is 1. The number of piperidine rings is 1. The first-order chi connectivity index (χ1) is 9.39. The molecule has 1 aliphatic heterocycles. The van der Waals surface area contributed by atoms with Crippen molar-refractivity contribution in [1.82, 2.24) is 15.2 Å². The monoisotopic (exact) mass is 315 g/mol. The van der Waals surface area contributed by atoms with Crippen LogP contribution in [-0.4, -0.2) is 42.5 Å². The minimum atomic E-state index is -0.266. The van der Waals surface area contributed by atoms with Gasteiger partial charge in [0.05, 0.1) is 5.02 Å². The smallest absolute Gasteiger partial charge is 0.271 e. The Kier molecular flexibility index (Phi) is 4.89. The first kappa shape index (κ1) is 15.5. The van der Waals surface area contributed by atoms with Crippen LogP contribution in [0.3, 0.4) is 0 Å². The molecule has 0 aromatic carbocycles. The average Bonchev–Trinajstić information content (AvgIpc) is 2.43. The minimum absolute atomic E-state index is 0.132. The molecule has 1 aliphatic rings. The fourth-order valence-electron chi connectivity index (χ4n) is 2.29. The van der Waals surface area contributed by atoms with Crippen LogP contribution in [0.1, 0.15) is 30.3 Å². The van der Waals surface area contributed by atoms with Crippen LogP contribution in [0.4, 0.5) is 0 Å². The van der Waals surface area contributed by atoms with Crippen LogP contribution in [0, 0.1) is 5.41 Å². The number of halogens is 2. The van der Waals surface area contributed by atoms with Crippen LogP contribution in [0.15, 0.2) is 12.1 Å². The Morgan fingerprint density at radius 1 is 1.40 bits per heavy atom. The molecule has 110 valence electrons. The molecule has 1 N–H and O–H groups in total. The summed E-state index contributed by atoms with van der Waals surface area (Å²) in [7, 11) is 2.12. The molecule has 4 nitrogen and oxygen atoms in total. The summed E-state index contributed by atoms with van der Waals surface area (Å²) >= 11 is 11.8. The molecule has 2 rings (SSSR count). The lowest BCUT2D eigenvalue weighted by Crippen LogP contribution is -2.43. The van der Waals surface area contributed by atoms with Gasteiger partial charge in [0.25, 0.3) is 5.91 Å². The number of carbonyl (C=O) groups is 1. The van der Waals surface area contributed by atoms with Crippen LogP contribution < -0.4 is 5.32 Å². The van der Waals surface area contributed by atoms with Crippen molar-refractivity contribution in [3.63, 3.8) is 0 Å². The van der Waals surface area contributed by atoms with Crippen molar-refractivity contribution in [3.05, 3.63) is 28.0 Å². The lowest BCUT2D eigenvalue weighted by Gasteiger charge is -2.37. The third kappa shape index (κ3) is 3.84. The highest BCUT2D eigenvalue weighted by Gasteiger charge is 2.29. The Bertz CT molecular complexity index is 499. The van der Waals surface area contributed by atoms with E-state index in [1.807, 2.05) is 0 Å². The number of rotatable bonds is 3. The molecule has 0 saturated carbocycles. The van der Waals surface area contributed by atoms with Gasteiger partial charge in [0.15, 0.2) is 0 Å². The van der Waals surface area contributed by atoms with Gasteiger partial charge >= 0.3 is 0 Å². The average molecular weight is 316 g/mol. The predicted molar refractivity (Wildman–Crippen MR) is 81.4 cm³/mol. The molecule has 0 spiro atoms. The molecule has 0 aliphatic carbocycles. The van der Waals surface area contributed by atoms with Crippen molar-refractivity contribution in [2.75, 3.05) is 26.7 Å². The van der Waals surface area contributed by atoms with Gasteiger partial charge in [-0.3, -0.25) is 4.79 Å². The number of pyridine rings is 1. The number of hydrogen-bond acceptors (Lipinski definition) is 3. The van der Waals surface area contributed by atoms with Gasteiger partial charge in [-0.1, -0.05) is 30.1 Å². The van der Waals surface area contributed by atoms with E-state index < -0.39 is 0 Å². The highest BCUT2D eigenvalue weighted by atomic mass is 35.5. The van der Waals surface area contributed by atoms with E-state index in [4.69, 9.17) is 23.2 Å². The zero-order valence-electron chi connectivity index (χ0n) is 11.7. The fraction of sp³-hybridized carbons (Fsp3) is 0.571. The zero-order valence-corrected chi connectivity index (χ0v) is 13.3. The molecule has 0 bridgehead atoms. The summed E-state index contributed by atoms with van der Waals surface area (Å²) in [6, 6.07) is 3.15. The first-order valence-corrected chi connectivity index (χ1v) is 7.44. The zero-order chi connectivity index (χ0) is 14.8. The Balaban J connectivity index is 1.97. The Morgan fingerprint density at radius 3 is 2.70 bits per heavy atom. The van der Waals surface area contributed by atoms with Crippen molar-refractivity contribution in [2.45, 2.75) is 19.8 Å². The molecule has 1 fully saturated rings. The topological polar surface area (TPSA) is 45.2 Å². The van der Waals surface area contributed by atoms with Crippen LogP contribution in [-0.2, 0) is 0 Å². The van der Waals surface area contributed by atoms with Gasteiger partial charge in [0, 0.05) is 6.54 Å². The van der Waals surface area contributed by atoms with Crippen molar-refractivity contribution in [1.29, 1.82) is 0 Å². The van der Waals surface area contributed by atoms with E-state index in [2.05, 4.69) is 29.2 Å².